The fraction of sp³-hybridized carbons (Fsp3) is 0.0769. The third kappa shape index (κ3) is 2.94. The summed E-state index contributed by atoms with van der Waals surface area (Å²) >= 11 is 1.27. The largest absolute Gasteiger partial charge is 0.416 e. The Morgan fingerprint density at radius 1 is 1.05 bits per heavy atom. The van der Waals surface area contributed by atoms with Crippen molar-refractivity contribution in [3.05, 3.63) is 52.6 Å². The van der Waals surface area contributed by atoms with Crippen molar-refractivity contribution in [2.75, 3.05) is 0 Å². The van der Waals surface area contributed by atoms with E-state index in [4.69, 9.17) is 0 Å². The first-order valence-electron chi connectivity index (χ1n) is 5.85. The van der Waals surface area contributed by atoms with E-state index in [1.807, 2.05) is 0 Å². The summed E-state index contributed by atoms with van der Waals surface area (Å²) in [5.41, 5.74) is -0.0433. The van der Waals surface area contributed by atoms with Gasteiger partial charge in [-0.25, -0.2) is 9.78 Å². The number of hydrogen-bond donors (Lipinski definition) is 2. The number of nitrogens with zero attached hydrogens (tertiary/aromatic N) is 1. The molecule has 8 heteroatoms. The van der Waals surface area contributed by atoms with Gasteiger partial charge in [-0.2, -0.15) is 13.2 Å². The summed E-state index contributed by atoms with van der Waals surface area (Å²) < 4.78 is 37.4. The number of benzene rings is 1. The van der Waals surface area contributed by atoms with Crippen LogP contribution < -0.4 is 5.69 Å². The van der Waals surface area contributed by atoms with E-state index in [2.05, 4.69) is 15.0 Å². The van der Waals surface area contributed by atoms with Gasteiger partial charge in [-0.1, -0.05) is 11.8 Å². The number of H-pyrrole nitrogens is 2. The zero-order chi connectivity index (χ0) is 15.0. The van der Waals surface area contributed by atoms with E-state index in [0.29, 0.717) is 16.1 Å². The fourth-order valence-corrected chi connectivity index (χ4v) is 2.63. The van der Waals surface area contributed by atoms with Crippen molar-refractivity contribution < 1.29 is 13.2 Å². The van der Waals surface area contributed by atoms with Crippen molar-refractivity contribution in [3.8, 4) is 0 Å². The van der Waals surface area contributed by atoms with Crippen LogP contribution in [0.5, 0.6) is 0 Å². The van der Waals surface area contributed by atoms with Crippen molar-refractivity contribution >= 4 is 22.9 Å². The minimum absolute atomic E-state index is 0.353. The van der Waals surface area contributed by atoms with Gasteiger partial charge >= 0.3 is 11.9 Å². The molecule has 3 aromatic rings. The molecule has 0 aliphatic rings. The Hall–Kier alpha value is -2.22. The minimum atomic E-state index is -4.34. The first kappa shape index (κ1) is 13.7. The van der Waals surface area contributed by atoms with Crippen LogP contribution in [0.1, 0.15) is 5.56 Å². The Kier molecular flexibility index (Phi) is 3.25. The van der Waals surface area contributed by atoms with Crippen molar-refractivity contribution in [1.29, 1.82) is 0 Å². The highest BCUT2D eigenvalue weighted by molar-refractivity contribution is 7.99. The van der Waals surface area contributed by atoms with E-state index in [1.54, 1.807) is 12.3 Å². The average molecular weight is 311 g/mol. The van der Waals surface area contributed by atoms with Crippen LogP contribution in [-0.2, 0) is 6.18 Å². The molecule has 0 aliphatic heterocycles. The number of hydrogen-bond acceptors (Lipinski definition) is 3. The van der Waals surface area contributed by atoms with Crippen LogP contribution in [-0.4, -0.2) is 15.0 Å². The van der Waals surface area contributed by atoms with Gasteiger partial charge in [0.25, 0.3) is 0 Å². The summed E-state index contributed by atoms with van der Waals surface area (Å²) in [7, 11) is 0. The highest BCUT2D eigenvalue weighted by Gasteiger charge is 2.29. The molecule has 0 amide bonds. The Bertz CT molecular complexity index is 836. The molecule has 0 saturated heterocycles. The van der Waals surface area contributed by atoms with Gasteiger partial charge in [0.15, 0.2) is 5.65 Å². The topological polar surface area (TPSA) is 61.5 Å². The lowest BCUT2D eigenvalue weighted by Gasteiger charge is -2.07. The van der Waals surface area contributed by atoms with Gasteiger partial charge in [0.2, 0.25) is 0 Å². The molecule has 0 radical (unpaired) electrons. The van der Waals surface area contributed by atoms with Gasteiger partial charge in [-0.3, -0.25) is 4.98 Å². The maximum atomic E-state index is 12.5. The predicted molar refractivity (Wildman–Crippen MR) is 72.3 cm³/mol. The molecule has 0 aliphatic carbocycles. The quantitative estimate of drug-likeness (QED) is 0.762. The molecule has 0 bridgehead atoms. The molecule has 0 atom stereocenters. The number of pyridine rings is 1. The average Bonchev–Trinajstić information content (AvgIpc) is 2.78. The summed E-state index contributed by atoms with van der Waals surface area (Å²) in [6.07, 6.45) is -2.79. The molecule has 1 aromatic carbocycles. The summed E-state index contributed by atoms with van der Waals surface area (Å²) in [6.45, 7) is 0. The molecule has 0 unspecified atom stereocenters. The van der Waals surface area contributed by atoms with Crippen LogP contribution in [0.25, 0.3) is 11.2 Å². The van der Waals surface area contributed by atoms with Gasteiger partial charge in [0, 0.05) is 16.0 Å². The van der Waals surface area contributed by atoms with E-state index < -0.39 is 11.7 Å². The monoisotopic (exact) mass is 311 g/mol. The second-order valence-corrected chi connectivity index (χ2v) is 5.42. The third-order valence-electron chi connectivity index (χ3n) is 2.76. The van der Waals surface area contributed by atoms with Crippen LogP contribution in [0.2, 0.25) is 0 Å². The second-order valence-electron chi connectivity index (χ2n) is 4.27. The molecule has 2 heterocycles. The molecule has 2 N–H and O–H groups in total. The molecule has 0 spiro atoms. The van der Waals surface area contributed by atoms with Crippen molar-refractivity contribution in [2.24, 2.45) is 0 Å². The normalized spacial score (nSPS) is 12.0. The van der Waals surface area contributed by atoms with Crippen LogP contribution in [0.15, 0.2) is 51.1 Å². The predicted octanol–water partition coefficient (Wildman–Crippen LogP) is 3.42. The lowest BCUT2D eigenvalue weighted by molar-refractivity contribution is -0.137. The summed E-state index contributed by atoms with van der Waals surface area (Å²) in [5.74, 6) is 0. The Balaban J connectivity index is 1.86. The standard InChI is InChI=1S/C13H8F3N3OS/c14-13(15,16)7-1-3-8(4-2-7)21-9-5-10-11(17-6-9)19-12(20)18-10/h1-6H,(H2,17,18,19,20). The van der Waals surface area contributed by atoms with Crippen molar-refractivity contribution in [2.45, 2.75) is 16.0 Å². The van der Waals surface area contributed by atoms with Gasteiger partial charge in [-0.05, 0) is 30.3 Å². The zero-order valence-corrected chi connectivity index (χ0v) is 11.2. The molecule has 21 heavy (non-hydrogen) atoms. The molecular weight excluding hydrogens is 303 g/mol. The number of fused-ring (bicyclic) bond motifs is 1. The first-order valence-corrected chi connectivity index (χ1v) is 6.67. The highest BCUT2D eigenvalue weighted by atomic mass is 32.2. The number of nitrogens with one attached hydrogen (secondary N) is 2. The molecule has 4 nitrogen and oxygen atoms in total. The van der Waals surface area contributed by atoms with E-state index >= 15 is 0 Å². The molecule has 0 saturated carbocycles. The SMILES string of the molecule is O=c1[nH]c2cc(Sc3ccc(C(F)(F)F)cc3)cnc2[nH]1. The third-order valence-corrected chi connectivity index (χ3v) is 3.73. The summed E-state index contributed by atoms with van der Waals surface area (Å²) in [5, 5.41) is 0. The second kappa shape index (κ2) is 4.96. The van der Waals surface area contributed by atoms with E-state index in [0.717, 1.165) is 17.0 Å². The molecule has 108 valence electrons. The van der Waals surface area contributed by atoms with Crippen LogP contribution >= 0.6 is 11.8 Å². The number of aromatic amines is 2. The first-order chi connectivity index (χ1) is 9.91. The van der Waals surface area contributed by atoms with Crippen molar-refractivity contribution in [1.82, 2.24) is 15.0 Å². The molecule has 2 aromatic heterocycles. The summed E-state index contributed by atoms with van der Waals surface area (Å²) in [6, 6.07) is 6.58. The Morgan fingerprint density at radius 2 is 1.76 bits per heavy atom. The van der Waals surface area contributed by atoms with Crippen molar-refractivity contribution in [3.63, 3.8) is 0 Å². The number of aromatic nitrogens is 3. The number of rotatable bonds is 2. The number of halogens is 3. The summed E-state index contributed by atoms with van der Waals surface area (Å²) in [4.78, 5) is 21.7. The number of imidazole rings is 1. The lowest BCUT2D eigenvalue weighted by atomic mass is 10.2. The number of alkyl halides is 3. The van der Waals surface area contributed by atoms with Gasteiger partial charge < -0.3 is 4.98 Å². The van der Waals surface area contributed by atoms with E-state index in [1.165, 1.54) is 23.9 Å². The highest BCUT2D eigenvalue weighted by Crippen LogP contribution is 2.33. The maximum absolute atomic E-state index is 12.5. The fourth-order valence-electron chi connectivity index (χ4n) is 1.81. The molecule has 0 fully saturated rings. The van der Waals surface area contributed by atoms with Crippen LogP contribution in [0.4, 0.5) is 13.2 Å². The zero-order valence-electron chi connectivity index (χ0n) is 10.4. The Labute approximate surface area is 120 Å². The maximum Gasteiger partial charge on any atom is 0.416 e. The van der Waals surface area contributed by atoms with Gasteiger partial charge in [-0.15, -0.1) is 0 Å². The van der Waals surface area contributed by atoms with E-state index in [-0.39, 0.29) is 5.69 Å². The Morgan fingerprint density at radius 3 is 2.43 bits per heavy atom. The molecular formula is C13H8F3N3OS. The van der Waals surface area contributed by atoms with E-state index in [9.17, 15) is 18.0 Å². The van der Waals surface area contributed by atoms with Crippen LogP contribution in [0, 0.1) is 0 Å². The van der Waals surface area contributed by atoms with Gasteiger partial charge in [0.1, 0.15) is 0 Å². The lowest BCUT2D eigenvalue weighted by Crippen LogP contribution is -2.03. The minimum Gasteiger partial charge on any atom is -0.304 e. The molecule has 3 rings (SSSR count). The van der Waals surface area contributed by atoms with Crippen LogP contribution in [0.3, 0.4) is 0 Å². The van der Waals surface area contributed by atoms with Gasteiger partial charge in [0.05, 0.1) is 11.1 Å². The smallest absolute Gasteiger partial charge is 0.304 e.